The molecule has 0 rings (SSSR count). The molecule has 0 aliphatic carbocycles. The Kier molecular flexibility index (Phi) is 11.3. The highest BCUT2D eigenvalue weighted by Crippen LogP contribution is 2.04. The molecule has 0 aliphatic rings. The number of carboxylic acids is 5. The molecule has 5 N–H and O–H groups in total. The molecule has 0 saturated heterocycles. The van der Waals surface area contributed by atoms with Crippen LogP contribution < -0.4 is 0 Å². The van der Waals surface area contributed by atoms with Crippen molar-refractivity contribution >= 4 is 29.8 Å². The average Bonchev–Trinajstić information content (AvgIpc) is 2.49. The second kappa shape index (κ2) is 12.6. The third kappa shape index (κ3) is 12.6. The molecule has 0 bridgehead atoms. The maximum atomic E-state index is 11.1. The maximum Gasteiger partial charge on any atom is 0.317 e. The molecule has 13 heteroatoms. The van der Waals surface area contributed by atoms with Gasteiger partial charge in [0.1, 0.15) is 0 Å². The van der Waals surface area contributed by atoms with E-state index in [-0.39, 0.29) is 19.6 Å². The van der Waals surface area contributed by atoms with Crippen LogP contribution in [-0.4, -0.2) is 128 Å². The summed E-state index contributed by atoms with van der Waals surface area (Å²) in [4.78, 5) is 58.2. The smallest absolute Gasteiger partial charge is 0.317 e. The summed E-state index contributed by atoms with van der Waals surface area (Å²) in [5.41, 5.74) is 0. The highest BCUT2D eigenvalue weighted by atomic mass is 16.4. The number of hydrogen-bond donors (Lipinski definition) is 5. The minimum atomic E-state index is -1.24. The predicted molar refractivity (Wildman–Crippen MR) is 92.1 cm³/mol. The molecule has 0 aromatic carbocycles. The first-order valence-electron chi connectivity index (χ1n) is 8.18. The third-order valence-corrected chi connectivity index (χ3v) is 3.63. The van der Waals surface area contributed by atoms with Crippen LogP contribution in [0.1, 0.15) is 6.92 Å². The summed E-state index contributed by atoms with van der Waals surface area (Å²) >= 11 is 0. The summed E-state index contributed by atoms with van der Waals surface area (Å²) in [6.45, 7) is -1.22. The fourth-order valence-corrected chi connectivity index (χ4v) is 2.51. The van der Waals surface area contributed by atoms with Gasteiger partial charge >= 0.3 is 29.8 Å². The zero-order valence-corrected chi connectivity index (χ0v) is 15.4. The van der Waals surface area contributed by atoms with Crippen LogP contribution in [0.4, 0.5) is 0 Å². The van der Waals surface area contributed by atoms with E-state index in [9.17, 15) is 24.0 Å². The van der Waals surface area contributed by atoms with E-state index in [0.29, 0.717) is 0 Å². The molecule has 0 heterocycles. The Morgan fingerprint density at radius 1 is 0.607 bits per heavy atom. The number of nitrogens with zero attached hydrogens (tertiary/aromatic N) is 3. The monoisotopic (exact) mass is 407 g/mol. The van der Waals surface area contributed by atoms with E-state index in [2.05, 4.69) is 0 Å². The molecule has 0 fully saturated rings. The van der Waals surface area contributed by atoms with Crippen molar-refractivity contribution in [3.05, 3.63) is 0 Å². The Morgan fingerprint density at radius 2 is 0.929 bits per heavy atom. The quantitative estimate of drug-likeness (QED) is 0.183. The fourth-order valence-electron chi connectivity index (χ4n) is 2.51. The second-order valence-electron chi connectivity index (χ2n) is 6.17. The molecule has 28 heavy (non-hydrogen) atoms. The van der Waals surface area contributed by atoms with Gasteiger partial charge in [-0.1, -0.05) is 0 Å². The molecule has 1 atom stereocenters. The first-order chi connectivity index (χ1) is 12.9. The molecule has 0 unspecified atom stereocenters. The summed E-state index contributed by atoms with van der Waals surface area (Å²) in [6.07, 6.45) is 0. The van der Waals surface area contributed by atoms with Gasteiger partial charge in [-0.15, -0.1) is 0 Å². The van der Waals surface area contributed by atoms with Gasteiger partial charge in [-0.25, -0.2) is 0 Å². The van der Waals surface area contributed by atoms with E-state index in [0.717, 1.165) is 9.80 Å². The molecule has 0 aliphatic heterocycles. The molecule has 13 nitrogen and oxygen atoms in total. The van der Waals surface area contributed by atoms with E-state index in [1.807, 2.05) is 0 Å². The van der Waals surface area contributed by atoms with Crippen LogP contribution in [0.15, 0.2) is 0 Å². The van der Waals surface area contributed by atoms with Crippen molar-refractivity contribution in [2.45, 2.75) is 13.0 Å². The normalized spacial score (nSPS) is 12.3. The van der Waals surface area contributed by atoms with Gasteiger partial charge in [-0.05, 0) is 6.92 Å². The molecule has 0 spiro atoms. The summed E-state index contributed by atoms with van der Waals surface area (Å²) < 4.78 is 0. The first kappa shape index (κ1) is 25.2. The SMILES string of the molecule is C[C@H](CN(CCN(CC(=O)O)CC(=O)O)CC(=O)O)N(CC(=O)O)CC(=O)O. The minimum Gasteiger partial charge on any atom is -0.480 e. The molecule has 0 radical (unpaired) electrons. The van der Waals surface area contributed by atoms with Crippen molar-refractivity contribution in [1.82, 2.24) is 14.7 Å². The largest absolute Gasteiger partial charge is 0.480 e. The van der Waals surface area contributed by atoms with Crippen LogP contribution in [0, 0.1) is 0 Å². The fraction of sp³-hybridized carbons (Fsp3) is 0.667. The molecule has 0 aromatic rings. The van der Waals surface area contributed by atoms with E-state index >= 15 is 0 Å². The number of rotatable bonds is 16. The van der Waals surface area contributed by atoms with Gasteiger partial charge in [-0.2, -0.15) is 0 Å². The van der Waals surface area contributed by atoms with Gasteiger partial charge in [0, 0.05) is 25.7 Å². The minimum absolute atomic E-state index is 0.00875. The van der Waals surface area contributed by atoms with E-state index < -0.39 is 68.6 Å². The average molecular weight is 407 g/mol. The zero-order chi connectivity index (χ0) is 21.9. The number of hydrogen-bond acceptors (Lipinski definition) is 8. The van der Waals surface area contributed by atoms with Gasteiger partial charge < -0.3 is 25.5 Å². The van der Waals surface area contributed by atoms with Crippen LogP contribution in [0.2, 0.25) is 0 Å². The van der Waals surface area contributed by atoms with Crippen LogP contribution >= 0.6 is 0 Å². The molecular formula is C15H25N3O10. The van der Waals surface area contributed by atoms with Crippen molar-refractivity contribution in [3.8, 4) is 0 Å². The van der Waals surface area contributed by atoms with Crippen molar-refractivity contribution in [2.24, 2.45) is 0 Å². The number of carbonyl (C=O) groups is 5. The van der Waals surface area contributed by atoms with E-state index in [1.54, 1.807) is 0 Å². The molecule has 0 aromatic heterocycles. The lowest BCUT2D eigenvalue weighted by atomic mass is 10.2. The van der Waals surface area contributed by atoms with Crippen molar-refractivity contribution in [1.29, 1.82) is 0 Å². The van der Waals surface area contributed by atoms with Crippen molar-refractivity contribution in [3.63, 3.8) is 0 Å². The molecule has 0 saturated carbocycles. The Balaban J connectivity index is 5.08. The highest BCUT2D eigenvalue weighted by molar-refractivity contribution is 5.73. The Labute approximate surface area is 160 Å². The van der Waals surface area contributed by atoms with Gasteiger partial charge in [0.05, 0.1) is 32.7 Å². The summed E-state index contributed by atoms with van der Waals surface area (Å²) in [6, 6.07) is -0.640. The topological polar surface area (TPSA) is 196 Å². The van der Waals surface area contributed by atoms with Crippen LogP contribution in [0.3, 0.4) is 0 Å². The lowest BCUT2D eigenvalue weighted by Gasteiger charge is -2.32. The van der Waals surface area contributed by atoms with Gasteiger partial charge in [0.25, 0.3) is 0 Å². The first-order valence-corrected chi connectivity index (χ1v) is 8.18. The van der Waals surface area contributed by atoms with Crippen LogP contribution in [0.5, 0.6) is 0 Å². The summed E-state index contributed by atoms with van der Waals surface area (Å²) in [5, 5.41) is 44.5. The van der Waals surface area contributed by atoms with Crippen molar-refractivity contribution < 1.29 is 49.5 Å². The van der Waals surface area contributed by atoms with E-state index in [4.69, 9.17) is 25.5 Å². The van der Waals surface area contributed by atoms with Crippen LogP contribution in [-0.2, 0) is 24.0 Å². The van der Waals surface area contributed by atoms with Gasteiger partial charge in [0.15, 0.2) is 0 Å². The molecular weight excluding hydrogens is 382 g/mol. The zero-order valence-electron chi connectivity index (χ0n) is 15.4. The second-order valence-corrected chi connectivity index (χ2v) is 6.17. The van der Waals surface area contributed by atoms with Crippen LogP contribution in [0.25, 0.3) is 0 Å². The predicted octanol–water partition coefficient (Wildman–Crippen LogP) is -2.30. The standard InChI is InChI=1S/C15H25N3O10/c1-10(18(8-14(25)26)9-15(27)28)4-16(5-11(19)20)2-3-17(6-12(21)22)7-13(23)24/h10H,2-9H2,1H3,(H,19,20)(H,21,22)(H,23,24)(H,25,26)(H,27,28)/t10-/m1/s1. The molecule has 160 valence electrons. The highest BCUT2D eigenvalue weighted by Gasteiger charge is 2.23. The summed E-state index contributed by atoms with van der Waals surface area (Å²) in [7, 11) is 0. The Bertz CT molecular complexity index is 550. The maximum absolute atomic E-state index is 11.1. The Morgan fingerprint density at radius 3 is 1.29 bits per heavy atom. The number of aliphatic carboxylic acids is 5. The summed E-state index contributed by atoms with van der Waals surface area (Å²) in [5.74, 6) is -6.17. The Hall–Kier alpha value is -2.77. The van der Waals surface area contributed by atoms with E-state index in [1.165, 1.54) is 11.8 Å². The van der Waals surface area contributed by atoms with Gasteiger partial charge in [-0.3, -0.25) is 38.7 Å². The van der Waals surface area contributed by atoms with Crippen molar-refractivity contribution in [2.75, 3.05) is 52.4 Å². The van der Waals surface area contributed by atoms with Gasteiger partial charge in [0.2, 0.25) is 0 Å². The molecule has 0 amide bonds. The lowest BCUT2D eigenvalue weighted by molar-refractivity contribution is -0.144. The number of carboxylic acid groups (broad SMARTS) is 5. The third-order valence-electron chi connectivity index (χ3n) is 3.63. The lowest BCUT2D eigenvalue weighted by Crippen LogP contribution is -2.49.